The third kappa shape index (κ3) is 3.90. The number of hydrogen-bond acceptors (Lipinski definition) is 7. The molecule has 1 aliphatic heterocycles. The fourth-order valence-electron chi connectivity index (χ4n) is 2.47. The van der Waals surface area contributed by atoms with Crippen molar-refractivity contribution in [2.75, 3.05) is 42.4 Å². The van der Waals surface area contributed by atoms with Gasteiger partial charge in [0.25, 0.3) is 0 Å². The van der Waals surface area contributed by atoms with E-state index in [1.165, 1.54) is 6.33 Å². The number of carbonyl (C=O) groups excluding carboxylic acids is 1. The van der Waals surface area contributed by atoms with Gasteiger partial charge in [-0.25, -0.2) is 9.97 Å². The summed E-state index contributed by atoms with van der Waals surface area (Å²) in [6.45, 7) is 2.72. The molecule has 8 nitrogen and oxygen atoms in total. The fourth-order valence-corrected chi connectivity index (χ4v) is 2.47. The summed E-state index contributed by atoms with van der Waals surface area (Å²) in [6.07, 6.45) is 1.70. The van der Waals surface area contributed by atoms with E-state index in [1.54, 1.807) is 0 Å². The Morgan fingerprint density at radius 2 is 1.96 bits per heavy atom. The quantitative estimate of drug-likeness (QED) is 0.690. The normalized spacial score (nSPS) is 14.2. The lowest BCUT2D eigenvalue weighted by molar-refractivity contribution is -0.119. The van der Waals surface area contributed by atoms with E-state index in [0.29, 0.717) is 30.5 Å². The standard InChI is InChI=1S/C16H20N6O2/c17-14-15(18-11-19-16(14)22-6-8-24-9-7-22)21-20-13(23)10-12-4-2-1-3-5-12/h1-5,11H,6-10,17H2,(H,20,23)(H,18,19,21). The molecule has 24 heavy (non-hydrogen) atoms. The van der Waals surface area contributed by atoms with Crippen LogP contribution < -0.4 is 21.5 Å². The van der Waals surface area contributed by atoms with E-state index in [9.17, 15) is 4.79 Å². The largest absolute Gasteiger partial charge is 0.393 e. The second kappa shape index (κ2) is 7.60. The molecule has 0 aliphatic carbocycles. The number of benzene rings is 1. The Labute approximate surface area is 140 Å². The number of rotatable bonds is 5. The first-order valence-electron chi connectivity index (χ1n) is 7.76. The Balaban J connectivity index is 1.61. The molecular weight excluding hydrogens is 308 g/mol. The highest BCUT2D eigenvalue weighted by atomic mass is 16.5. The molecule has 1 amide bonds. The number of amides is 1. The average molecular weight is 328 g/mol. The molecule has 0 bridgehead atoms. The number of nitrogens with two attached hydrogens (primary N) is 1. The van der Waals surface area contributed by atoms with Crippen LogP contribution in [-0.4, -0.2) is 42.2 Å². The van der Waals surface area contributed by atoms with Crippen molar-refractivity contribution in [1.29, 1.82) is 0 Å². The van der Waals surface area contributed by atoms with Gasteiger partial charge in [0.15, 0.2) is 11.6 Å². The van der Waals surface area contributed by atoms with Gasteiger partial charge in [-0.05, 0) is 5.56 Å². The molecule has 1 aromatic heterocycles. The molecule has 1 aromatic carbocycles. The lowest BCUT2D eigenvalue weighted by Gasteiger charge is -2.28. The number of nitrogens with one attached hydrogen (secondary N) is 2. The minimum atomic E-state index is -0.174. The van der Waals surface area contributed by atoms with Crippen LogP contribution in [0.5, 0.6) is 0 Å². The molecule has 0 spiro atoms. The van der Waals surface area contributed by atoms with Gasteiger partial charge in [-0.1, -0.05) is 30.3 Å². The maximum atomic E-state index is 12.0. The number of anilines is 3. The van der Waals surface area contributed by atoms with Crippen LogP contribution in [0, 0.1) is 0 Å². The van der Waals surface area contributed by atoms with Gasteiger partial charge in [-0.15, -0.1) is 0 Å². The zero-order valence-corrected chi connectivity index (χ0v) is 13.2. The van der Waals surface area contributed by atoms with Crippen molar-refractivity contribution in [3.05, 3.63) is 42.2 Å². The van der Waals surface area contributed by atoms with E-state index in [4.69, 9.17) is 10.5 Å². The maximum absolute atomic E-state index is 12.0. The minimum Gasteiger partial charge on any atom is -0.393 e. The van der Waals surface area contributed by atoms with E-state index in [0.717, 1.165) is 18.7 Å². The summed E-state index contributed by atoms with van der Waals surface area (Å²) in [6, 6.07) is 9.50. The summed E-state index contributed by atoms with van der Waals surface area (Å²) in [5.41, 5.74) is 12.9. The number of nitrogens with zero attached hydrogens (tertiary/aromatic N) is 3. The lowest BCUT2D eigenvalue weighted by Crippen LogP contribution is -2.37. The van der Waals surface area contributed by atoms with Gasteiger partial charge >= 0.3 is 0 Å². The van der Waals surface area contributed by atoms with Crippen LogP contribution in [0.4, 0.5) is 17.3 Å². The monoisotopic (exact) mass is 328 g/mol. The van der Waals surface area contributed by atoms with Crippen LogP contribution >= 0.6 is 0 Å². The van der Waals surface area contributed by atoms with Crippen molar-refractivity contribution in [1.82, 2.24) is 15.4 Å². The van der Waals surface area contributed by atoms with E-state index in [1.807, 2.05) is 35.2 Å². The Morgan fingerprint density at radius 3 is 2.71 bits per heavy atom. The van der Waals surface area contributed by atoms with Crippen LogP contribution in [0.3, 0.4) is 0 Å². The number of ether oxygens (including phenoxy) is 1. The molecule has 0 atom stereocenters. The third-order valence-corrected chi connectivity index (χ3v) is 3.70. The summed E-state index contributed by atoms with van der Waals surface area (Å²) in [5.74, 6) is 0.855. The van der Waals surface area contributed by atoms with Gasteiger partial charge in [0.05, 0.1) is 19.6 Å². The summed E-state index contributed by atoms with van der Waals surface area (Å²) in [4.78, 5) is 22.4. The molecule has 2 heterocycles. The smallest absolute Gasteiger partial charge is 0.242 e. The molecule has 126 valence electrons. The number of hydrogen-bond donors (Lipinski definition) is 3. The molecule has 3 rings (SSSR count). The Bertz CT molecular complexity index is 688. The summed E-state index contributed by atoms with van der Waals surface area (Å²) < 4.78 is 5.33. The van der Waals surface area contributed by atoms with Crippen LogP contribution in [0.1, 0.15) is 5.56 Å². The minimum absolute atomic E-state index is 0.174. The zero-order chi connectivity index (χ0) is 16.8. The number of morpholine rings is 1. The first kappa shape index (κ1) is 16.0. The molecule has 0 unspecified atom stereocenters. The fraction of sp³-hybridized carbons (Fsp3) is 0.312. The summed E-state index contributed by atoms with van der Waals surface area (Å²) >= 11 is 0. The van der Waals surface area contributed by atoms with E-state index >= 15 is 0 Å². The predicted octanol–water partition coefficient (Wildman–Crippen LogP) is 0.581. The van der Waals surface area contributed by atoms with Gasteiger partial charge < -0.3 is 15.4 Å². The summed E-state index contributed by atoms with van der Waals surface area (Å²) in [7, 11) is 0. The van der Waals surface area contributed by atoms with Crippen LogP contribution in [0.2, 0.25) is 0 Å². The van der Waals surface area contributed by atoms with Gasteiger partial charge in [-0.3, -0.25) is 15.6 Å². The molecular formula is C16H20N6O2. The van der Waals surface area contributed by atoms with Crippen molar-refractivity contribution >= 4 is 23.2 Å². The second-order valence-corrected chi connectivity index (χ2v) is 5.39. The average Bonchev–Trinajstić information content (AvgIpc) is 2.62. The Morgan fingerprint density at radius 1 is 1.21 bits per heavy atom. The highest BCUT2D eigenvalue weighted by molar-refractivity contribution is 5.82. The van der Waals surface area contributed by atoms with Crippen molar-refractivity contribution in [3.8, 4) is 0 Å². The Hall–Kier alpha value is -2.87. The highest BCUT2D eigenvalue weighted by Crippen LogP contribution is 2.26. The SMILES string of the molecule is Nc1c(NNC(=O)Cc2ccccc2)ncnc1N1CCOCC1. The molecule has 4 N–H and O–H groups in total. The van der Waals surface area contributed by atoms with E-state index in [-0.39, 0.29) is 12.3 Å². The second-order valence-electron chi connectivity index (χ2n) is 5.39. The van der Waals surface area contributed by atoms with Gasteiger partial charge in [-0.2, -0.15) is 0 Å². The highest BCUT2D eigenvalue weighted by Gasteiger charge is 2.17. The van der Waals surface area contributed by atoms with E-state index in [2.05, 4.69) is 20.8 Å². The number of hydrazine groups is 1. The molecule has 0 saturated carbocycles. The van der Waals surface area contributed by atoms with E-state index < -0.39 is 0 Å². The third-order valence-electron chi connectivity index (χ3n) is 3.70. The molecule has 0 radical (unpaired) electrons. The van der Waals surface area contributed by atoms with Crippen molar-refractivity contribution in [2.45, 2.75) is 6.42 Å². The first-order chi connectivity index (χ1) is 11.7. The first-order valence-corrected chi connectivity index (χ1v) is 7.76. The van der Waals surface area contributed by atoms with Crippen LogP contribution in [0.25, 0.3) is 0 Å². The molecule has 1 aliphatic rings. The predicted molar refractivity (Wildman–Crippen MR) is 91.4 cm³/mol. The lowest BCUT2D eigenvalue weighted by atomic mass is 10.1. The zero-order valence-electron chi connectivity index (χ0n) is 13.2. The van der Waals surface area contributed by atoms with Gasteiger partial charge in [0, 0.05) is 13.1 Å². The van der Waals surface area contributed by atoms with Crippen LogP contribution in [0.15, 0.2) is 36.7 Å². The molecule has 2 aromatic rings. The van der Waals surface area contributed by atoms with Crippen molar-refractivity contribution in [2.24, 2.45) is 0 Å². The van der Waals surface area contributed by atoms with Gasteiger partial charge in [0.2, 0.25) is 5.91 Å². The molecule has 1 fully saturated rings. The van der Waals surface area contributed by atoms with Gasteiger partial charge in [0.1, 0.15) is 12.0 Å². The molecule has 8 heteroatoms. The van der Waals surface area contributed by atoms with Crippen LogP contribution in [-0.2, 0) is 16.0 Å². The molecule has 1 saturated heterocycles. The van der Waals surface area contributed by atoms with Crippen molar-refractivity contribution in [3.63, 3.8) is 0 Å². The topological polar surface area (TPSA) is 105 Å². The Kier molecular flexibility index (Phi) is 5.07. The maximum Gasteiger partial charge on any atom is 0.242 e. The number of carbonyl (C=O) groups is 1. The number of nitrogen functional groups attached to an aromatic ring is 1. The summed E-state index contributed by atoms with van der Waals surface area (Å²) in [5, 5.41) is 0. The van der Waals surface area contributed by atoms with Crippen molar-refractivity contribution < 1.29 is 9.53 Å². The number of aromatic nitrogens is 2.